The van der Waals surface area contributed by atoms with Crippen LogP contribution in [0.5, 0.6) is 5.88 Å². The number of nitrogens with one attached hydrogen (secondary N) is 1. The van der Waals surface area contributed by atoms with Gasteiger partial charge in [-0.15, -0.1) is 0 Å². The summed E-state index contributed by atoms with van der Waals surface area (Å²) in [6.45, 7) is 1.89. The molecule has 136 valence electrons. The van der Waals surface area contributed by atoms with Gasteiger partial charge in [0.2, 0.25) is 5.88 Å². The molecule has 6 nitrogen and oxygen atoms in total. The average molecular weight is 356 g/mol. The number of aromatic nitrogens is 2. The molecule has 2 fully saturated rings. The van der Waals surface area contributed by atoms with Crippen LogP contribution in [0.25, 0.3) is 0 Å². The van der Waals surface area contributed by atoms with E-state index in [0.717, 1.165) is 6.42 Å². The van der Waals surface area contributed by atoms with E-state index in [9.17, 15) is 9.18 Å². The quantitative estimate of drug-likeness (QED) is 0.861. The topological polar surface area (TPSA) is 67.4 Å². The maximum absolute atomic E-state index is 13.8. The Morgan fingerprint density at radius 2 is 2.15 bits per heavy atom. The standard InChI is InChI=1S/C19H21FN4O2/c20-16-2-1-8-21-18(16)24-9-7-15(11-24)23-19(25)14-5-6-17(22-10-14)26-12-13-3-4-13/h1-2,5-6,8,10,13,15H,3-4,7,9,11-12H2,(H,23,25). The van der Waals surface area contributed by atoms with Crippen molar-refractivity contribution >= 4 is 11.7 Å². The van der Waals surface area contributed by atoms with Gasteiger partial charge in [0.15, 0.2) is 11.6 Å². The molecule has 1 saturated carbocycles. The van der Waals surface area contributed by atoms with Gasteiger partial charge >= 0.3 is 0 Å². The van der Waals surface area contributed by atoms with Gasteiger partial charge in [-0.1, -0.05) is 0 Å². The second-order valence-electron chi connectivity index (χ2n) is 6.85. The summed E-state index contributed by atoms with van der Waals surface area (Å²) in [5, 5.41) is 2.98. The molecule has 1 saturated heterocycles. The van der Waals surface area contributed by atoms with Crippen LogP contribution in [0.15, 0.2) is 36.7 Å². The predicted octanol–water partition coefficient (Wildman–Crippen LogP) is 2.41. The van der Waals surface area contributed by atoms with E-state index in [1.807, 2.05) is 4.90 Å². The van der Waals surface area contributed by atoms with Crippen LogP contribution >= 0.6 is 0 Å². The first-order chi connectivity index (χ1) is 12.7. The summed E-state index contributed by atoms with van der Waals surface area (Å²) in [5.74, 6) is 1.02. The minimum Gasteiger partial charge on any atom is -0.477 e. The number of rotatable bonds is 6. The average Bonchev–Trinajstić information content (AvgIpc) is 3.38. The lowest BCUT2D eigenvalue weighted by Crippen LogP contribution is -2.37. The van der Waals surface area contributed by atoms with Crippen molar-refractivity contribution in [2.75, 3.05) is 24.6 Å². The van der Waals surface area contributed by atoms with Crippen molar-refractivity contribution in [1.29, 1.82) is 0 Å². The monoisotopic (exact) mass is 356 g/mol. The highest BCUT2D eigenvalue weighted by atomic mass is 19.1. The lowest BCUT2D eigenvalue weighted by molar-refractivity contribution is 0.0940. The second kappa shape index (κ2) is 7.27. The predicted molar refractivity (Wildman–Crippen MR) is 94.7 cm³/mol. The van der Waals surface area contributed by atoms with Gasteiger partial charge in [-0.05, 0) is 43.4 Å². The van der Waals surface area contributed by atoms with E-state index in [0.29, 0.717) is 42.9 Å². The molecule has 0 spiro atoms. The number of ether oxygens (including phenoxy) is 1. The van der Waals surface area contributed by atoms with E-state index in [1.165, 1.54) is 25.1 Å². The van der Waals surface area contributed by atoms with Gasteiger partial charge < -0.3 is 15.0 Å². The van der Waals surface area contributed by atoms with E-state index < -0.39 is 0 Å². The summed E-state index contributed by atoms with van der Waals surface area (Å²) in [6, 6.07) is 6.36. The van der Waals surface area contributed by atoms with Crippen molar-refractivity contribution in [3.8, 4) is 5.88 Å². The summed E-state index contributed by atoms with van der Waals surface area (Å²) in [5.41, 5.74) is 0.492. The first-order valence-electron chi connectivity index (χ1n) is 8.94. The molecule has 1 atom stereocenters. The Bertz CT molecular complexity index is 779. The zero-order valence-corrected chi connectivity index (χ0v) is 14.4. The highest BCUT2D eigenvalue weighted by Crippen LogP contribution is 2.29. The minimum absolute atomic E-state index is 0.0466. The highest BCUT2D eigenvalue weighted by molar-refractivity contribution is 5.94. The molecule has 1 aliphatic heterocycles. The molecule has 7 heteroatoms. The molecule has 1 N–H and O–H groups in total. The molecule has 2 aromatic rings. The van der Waals surface area contributed by atoms with Crippen LogP contribution in [0.4, 0.5) is 10.2 Å². The normalized spacial score (nSPS) is 19.4. The molecule has 1 unspecified atom stereocenters. The number of nitrogens with zero attached hydrogens (tertiary/aromatic N) is 3. The van der Waals surface area contributed by atoms with Crippen molar-refractivity contribution in [1.82, 2.24) is 15.3 Å². The van der Waals surface area contributed by atoms with Crippen LogP contribution in [0.2, 0.25) is 0 Å². The third-order valence-electron chi connectivity index (χ3n) is 4.72. The number of hydrogen-bond donors (Lipinski definition) is 1. The first-order valence-corrected chi connectivity index (χ1v) is 8.94. The molecule has 0 bridgehead atoms. The molecular formula is C19H21FN4O2. The maximum Gasteiger partial charge on any atom is 0.253 e. The summed E-state index contributed by atoms with van der Waals surface area (Å²) in [7, 11) is 0. The van der Waals surface area contributed by atoms with E-state index in [4.69, 9.17) is 4.74 Å². The summed E-state index contributed by atoms with van der Waals surface area (Å²) >= 11 is 0. The Labute approximate surface area is 151 Å². The van der Waals surface area contributed by atoms with Crippen LogP contribution in [-0.4, -0.2) is 41.6 Å². The van der Waals surface area contributed by atoms with Crippen molar-refractivity contribution in [3.05, 3.63) is 48.0 Å². The van der Waals surface area contributed by atoms with Crippen LogP contribution in [0, 0.1) is 11.7 Å². The Morgan fingerprint density at radius 3 is 2.88 bits per heavy atom. The molecule has 1 aliphatic carbocycles. The minimum atomic E-state index is -0.342. The van der Waals surface area contributed by atoms with E-state index >= 15 is 0 Å². The fourth-order valence-electron chi connectivity index (χ4n) is 3.04. The molecule has 0 radical (unpaired) electrons. The molecule has 1 amide bonds. The maximum atomic E-state index is 13.8. The molecule has 0 aromatic carbocycles. The zero-order valence-electron chi connectivity index (χ0n) is 14.4. The van der Waals surface area contributed by atoms with Crippen molar-refractivity contribution in [3.63, 3.8) is 0 Å². The van der Waals surface area contributed by atoms with Gasteiger partial charge in [-0.2, -0.15) is 0 Å². The van der Waals surface area contributed by atoms with E-state index in [-0.39, 0.29) is 17.8 Å². The number of carbonyl (C=O) groups excluding carboxylic acids is 1. The molecular weight excluding hydrogens is 335 g/mol. The third-order valence-corrected chi connectivity index (χ3v) is 4.72. The molecule has 26 heavy (non-hydrogen) atoms. The smallest absolute Gasteiger partial charge is 0.253 e. The van der Waals surface area contributed by atoms with Crippen LogP contribution in [-0.2, 0) is 0 Å². The van der Waals surface area contributed by atoms with Crippen molar-refractivity contribution in [2.45, 2.75) is 25.3 Å². The fourth-order valence-corrected chi connectivity index (χ4v) is 3.04. The Morgan fingerprint density at radius 1 is 1.27 bits per heavy atom. The highest BCUT2D eigenvalue weighted by Gasteiger charge is 2.27. The van der Waals surface area contributed by atoms with Crippen molar-refractivity contribution < 1.29 is 13.9 Å². The largest absolute Gasteiger partial charge is 0.477 e. The molecule has 3 heterocycles. The number of hydrogen-bond acceptors (Lipinski definition) is 5. The molecule has 2 aromatic heterocycles. The van der Waals surface area contributed by atoms with E-state index in [2.05, 4.69) is 15.3 Å². The second-order valence-corrected chi connectivity index (χ2v) is 6.85. The number of carbonyl (C=O) groups is 1. The number of halogens is 1. The van der Waals surface area contributed by atoms with E-state index in [1.54, 1.807) is 24.4 Å². The van der Waals surface area contributed by atoms with Crippen LogP contribution in [0.1, 0.15) is 29.6 Å². The van der Waals surface area contributed by atoms with Crippen LogP contribution < -0.4 is 15.0 Å². The molecule has 4 rings (SSSR count). The van der Waals surface area contributed by atoms with Gasteiger partial charge in [-0.25, -0.2) is 14.4 Å². The number of amides is 1. The van der Waals surface area contributed by atoms with Crippen molar-refractivity contribution in [2.24, 2.45) is 5.92 Å². The lowest BCUT2D eigenvalue weighted by Gasteiger charge is -2.18. The Kier molecular flexibility index (Phi) is 4.69. The number of pyridine rings is 2. The van der Waals surface area contributed by atoms with Gasteiger partial charge in [0, 0.05) is 37.6 Å². The molecule has 2 aliphatic rings. The summed E-state index contributed by atoms with van der Waals surface area (Å²) in [6.07, 6.45) is 6.30. The van der Waals surface area contributed by atoms with Gasteiger partial charge in [0.05, 0.1) is 12.2 Å². The Balaban J connectivity index is 1.31. The summed E-state index contributed by atoms with van der Waals surface area (Å²) in [4.78, 5) is 22.5. The Hall–Kier alpha value is -2.70. The van der Waals surface area contributed by atoms with Gasteiger partial charge in [-0.3, -0.25) is 4.79 Å². The van der Waals surface area contributed by atoms with Crippen LogP contribution in [0.3, 0.4) is 0 Å². The van der Waals surface area contributed by atoms with Gasteiger partial charge in [0.1, 0.15) is 0 Å². The SMILES string of the molecule is O=C(NC1CCN(c2ncccc2F)C1)c1ccc(OCC2CC2)nc1. The first kappa shape index (κ1) is 16.8. The fraction of sp³-hybridized carbons (Fsp3) is 0.421. The van der Waals surface area contributed by atoms with Gasteiger partial charge in [0.25, 0.3) is 5.91 Å². The lowest BCUT2D eigenvalue weighted by atomic mass is 10.2. The number of anilines is 1. The zero-order chi connectivity index (χ0) is 17.9. The summed E-state index contributed by atoms with van der Waals surface area (Å²) < 4.78 is 19.4. The third kappa shape index (κ3) is 3.92.